The predicted octanol–water partition coefficient (Wildman–Crippen LogP) is 3.08. The van der Waals surface area contributed by atoms with Crippen LogP contribution in [0.4, 0.5) is 0 Å². The molecule has 1 unspecified atom stereocenters. The molecule has 18 heavy (non-hydrogen) atoms. The van der Waals surface area contributed by atoms with Gasteiger partial charge in [-0.15, -0.1) is 0 Å². The summed E-state index contributed by atoms with van der Waals surface area (Å²) in [6, 6.07) is 22.5. The Labute approximate surface area is 108 Å². The first-order chi connectivity index (χ1) is 8.90. The van der Waals surface area contributed by atoms with E-state index in [4.69, 9.17) is 0 Å². The highest BCUT2D eigenvalue weighted by atomic mass is 14.9. The lowest BCUT2D eigenvalue weighted by Gasteiger charge is -2.10. The lowest BCUT2D eigenvalue weighted by atomic mass is 10.0. The van der Waals surface area contributed by atoms with Gasteiger partial charge in [-0.05, 0) is 11.1 Å². The van der Waals surface area contributed by atoms with Crippen molar-refractivity contribution in [2.45, 2.75) is 12.5 Å². The van der Waals surface area contributed by atoms with Crippen LogP contribution in [0, 0.1) is 11.3 Å². The van der Waals surface area contributed by atoms with Crippen LogP contribution in [0.2, 0.25) is 0 Å². The summed E-state index contributed by atoms with van der Waals surface area (Å²) in [6.07, 6.45) is 0. The second kappa shape index (κ2) is 6.58. The minimum atomic E-state index is -0.0880. The lowest BCUT2D eigenvalue weighted by Crippen LogP contribution is -2.20. The second-order valence-corrected chi connectivity index (χ2v) is 4.21. The second-order valence-electron chi connectivity index (χ2n) is 4.21. The molecule has 0 amide bonds. The third kappa shape index (κ3) is 3.44. The molecule has 2 aromatic rings. The van der Waals surface area contributed by atoms with E-state index in [0.29, 0.717) is 6.54 Å². The van der Waals surface area contributed by atoms with Crippen molar-refractivity contribution in [3.8, 4) is 6.07 Å². The van der Waals surface area contributed by atoms with Gasteiger partial charge >= 0.3 is 0 Å². The van der Waals surface area contributed by atoms with E-state index in [1.165, 1.54) is 5.56 Å². The first-order valence-corrected chi connectivity index (χ1v) is 6.09. The number of hydrogen-bond acceptors (Lipinski definition) is 2. The van der Waals surface area contributed by atoms with E-state index >= 15 is 0 Å². The zero-order chi connectivity index (χ0) is 12.6. The van der Waals surface area contributed by atoms with Crippen LogP contribution in [0.3, 0.4) is 0 Å². The summed E-state index contributed by atoms with van der Waals surface area (Å²) in [5, 5.41) is 12.5. The molecule has 0 aliphatic heterocycles. The maximum Gasteiger partial charge on any atom is 0.0837 e. The monoisotopic (exact) mass is 236 g/mol. The van der Waals surface area contributed by atoms with Crippen molar-refractivity contribution in [2.75, 3.05) is 6.54 Å². The van der Waals surface area contributed by atoms with Crippen LogP contribution in [0.25, 0.3) is 0 Å². The van der Waals surface area contributed by atoms with E-state index in [1.54, 1.807) is 0 Å². The van der Waals surface area contributed by atoms with Gasteiger partial charge < -0.3 is 5.32 Å². The number of benzene rings is 2. The Morgan fingerprint density at radius 3 is 2.17 bits per heavy atom. The summed E-state index contributed by atoms with van der Waals surface area (Å²) in [6.45, 7) is 1.47. The standard InChI is InChI=1S/C16H16N2/c17-11-16(15-9-5-2-6-10-15)13-18-12-14-7-3-1-4-8-14/h1-10,16,18H,12-13H2. The molecule has 0 aromatic heterocycles. The van der Waals surface area contributed by atoms with E-state index < -0.39 is 0 Å². The number of rotatable bonds is 5. The summed E-state index contributed by atoms with van der Waals surface area (Å²) in [4.78, 5) is 0. The predicted molar refractivity (Wildman–Crippen MR) is 72.9 cm³/mol. The Balaban J connectivity index is 1.88. The fourth-order valence-electron chi connectivity index (χ4n) is 1.88. The van der Waals surface area contributed by atoms with Crippen LogP contribution in [-0.4, -0.2) is 6.54 Å². The third-order valence-electron chi connectivity index (χ3n) is 2.88. The molecule has 1 N–H and O–H groups in total. The number of nitriles is 1. The van der Waals surface area contributed by atoms with Gasteiger partial charge in [0.15, 0.2) is 0 Å². The molecule has 0 spiro atoms. The summed E-state index contributed by atoms with van der Waals surface area (Å²) in [5.41, 5.74) is 2.31. The van der Waals surface area contributed by atoms with Gasteiger partial charge in [0.2, 0.25) is 0 Å². The molecule has 0 aliphatic rings. The largest absolute Gasteiger partial charge is 0.311 e. The molecule has 2 aromatic carbocycles. The van der Waals surface area contributed by atoms with Gasteiger partial charge in [-0.25, -0.2) is 0 Å². The van der Waals surface area contributed by atoms with Crippen molar-refractivity contribution >= 4 is 0 Å². The first-order valence-electron chi connectivity index (χ1n) is 6.09. The van der Waals surface area contributed by atoms with Crippen molar-refractivity contribution in [2.24, 2.45) is 0 Å². The van der Waals surface area contributed by atoms with Gasteiger partial charge in [0.25, 0.3) is 0 Å². The lowest BCUT2D eigenvalue weighted by molar-refractivity contribution is 0.652. The zero-order valence-corrected chi connectivity index (χ0v) is 10.2. The molecule has 0 heterocycles. The van der Waals surface area contributed by atoms with Crippen molar-refractivity contribution < 1.29 is 0 Å². The Morgan fingerprint density at radius 2 is 1.56 bits per heavy atom. The van der Waals surface area contributed by atoms with Gasteiger partial charge in [-0.3, -0.25) is 0 Å². The van der Waals surface area contributed by atoms with Crippen molar-refractivity contribution in [1.29, 1.82) is 5.26 Å². The molecule has 0 saturated heterocycles. The van der Waals surface area contributed by atoms with Gasteiger partial charge in [0.1, 0.15) is 0 Å². The van der Waals surface area contributed by atoms with Gasteiger partial charge in [-0.1, -0.05) is 60.7 Å². The van der Waals surface area contributed by atoms with Gasteiger partial charge in [-0.2, -0.15) is 5.26 Å². The average Bonchev–Trinajstić information content (AvgIpc) is 2.46. The van der Waals surface area contributed by atoms with Crippen LogP contribution in [0.15, 0.2) is 60.7 Å². The Morgan fingerprint density at radius 1 is 0.944 bits per heavy atom. The average molecular weight is 236 g/mol. The molecular weight excluding hydrogens is 220 g/mol. The van der Waals surface area contributed by atoms with Crippen LogP contribution in [-0.2, 0) is 6.54 Å². The van der Waals surface area contributed by atoms with Gasteiger partial charge in [0, 0.05) is 13.1 Å². The van der Waals surface area contributed by atoms with Crippen LogP contribution >= 0.6 is 0 Å². The van der Waals surface area contributed by atoms with Crippen molar-refractivity contribution in [3.05, 3.63) is 71.8 Å². The summed E-state index contributed by atoms with van der Waals surface area (Å²) in [7, 11) is 0. The summed E-state index contributed by atoms with van der Waals surface area (Å²) >= 11 is 0. The molecule has 0 saturated carbocycles. The highest BCUT2D eigenvalue weighted by Crippen LogP contribution is 2.13. The minimum absolute atomic E-state index is 0.0880. The molecule has 90 valence electrons. The van der Waals surface area contributed by atoms with E-state index in [1.807, 2.05) is 48.5 Å². The highest BCUT2D eigenvalue weighted by molar-refractivity contribution is 5.25. The van der Waals surface area contributed by atoms with Crippen LogP contribution in [0.5, 0.6) is 0 Å². The molecule has 2 rings (SSSR count). The third-order valence-corrected chi connectivity index (χ3v) is 2.88. The molecule has 0 fully saturated rings. The summed E-state index contributed by atoms with van der Waals surface area (Å²) < 4.78 is 0. The van der Waals surface area contributed by atoms with E-state index in [-0.39, 0.29) is 5.92 Å². The maximum absolute atomic E-state index is 9.19. The smallest absolute Gasteiger partial charge is 0.0837 e. The molecule has 0 aliphatic carbocycles. The number of hydrogen-bond donors (Lipinski definition) is 1. The Kier molecular flexibility index (Phi) is 4.52. The molecule has 2 nitrogen and oxygen atoms in total. The normalized spacial score (nSPS) is 11.7. The molecule has 0 bridgehead atoms. The SMILES string of the molecule is N#CC(CNCc1ccccc1)c1ccccc1. The summed E-state index contributed by atoms with van der Waals surface area (Å²) in [5.74, 6) is -0.0880. The van der Waals surface area contributed by atoms with Gasteiger partial charge in [0.05, 0.1) is 12.0 Å². The van der Waals surface area contributed by atoms with Crippen molar-refractivity contribution in [1.82, 2.24) is 5.32 Å². The van der Waals surface area contributed by atoms with Crippen LogP contribution < -0.4 is 5.32 Å². The van der Waals surface area contributed by atoms with Crippen LogP contribution in [0.1, 0.15) is 17.0 Å². The molecule has 0 radical (unpaired) electrons. The molecule has 2 heteroatoms. The quantitative estimate of drug-likeness (QED) is 0.866. The fraction of sp³-hybridized carbons (Fsp3) is 0.188. The molecule has 1 atom stereocenters. The van der Waals surface area contributed by atoms with Crippen molar-refractivity contribution in [3.63, 3.8) is 0 Å². The topological polar surface area (TPSA) is 35.8 Å². The maximum atomic E-state index is 9.19. The number of nitrogens with zero attached hydrogens (tertiary/aromatic N) is 1. The van der Waals surface area contributed by atoms with E-state index in [0.717, 1.165) is 12.1 Å². The zero-order valence-electron chi connectivity index (χ0n) is 10.2. The fourth-order valence-corrected chi connectivity index (χ4v) is 1.88. The van der Waals surface area contributed by atoms with E-state index in [2.05, 4.69) is 23.5 Å². The van der Waals surface area contributed by atoms with E-state index in [9.17, 15) is 5.26 Å². The Bertz CT molecular complexity index is 500. The first kappa shape index (κ1) is 12.3. The highest BCUT2D eigenvalue weighted by Gasteiger charge is 2.08. The number of nitrogens with one attached hydrogen (secondary N) is 1. The molecular formula is C16H16N2. The minimum Gasteiger partial charge on any atom is -0.311 e. The Hall–Kier alpha value is -2.11.